The third kappa shape index (κ3) is 2.27. The minimum absolute atomic E-state index is 0.0217. The van der Waals surface area contributed by atoms with E-state index in [0.717, 1.165) is 36.5 Å². The highest BCUT2D eigenvalue weighted by Gasteiger charge is 2.37. The van der Waals surface area contributed by atoms with Gasteiger partial charge in [-0.1, -0.05) is 0 Å². The van der Waals surface area contributed by atoms with Crippen molar-refractivity contribution in [2.45, 2.75) is 38.6 Å². The number of thiazole rings is 1. The van der Waals surface area contributed by atoms with Crippen molar-refractivity contribution >= 4 is 22.4 Å². The lowest BCUT2D eigenvalue weighted by Gasteiger charge is -2.22. The fourth-order valence-electron chi connectivity index (χ4n) is 2.02. The molecule has 0 saturated heterocycles. The molecule has 0 N–H and O–H groups in total. The number of hydrogen-bond donors (Lipinski definition) is 0. The van der Waals surface area contributed by atoms with Crippen molar-refractivity contribution in [2.24, 2.45) is 0 Å². The molecule has 1 amide bonds. The maximum absolute atomic E-state index is 12.5. The molecule has 0 radical (unpaired) electrons. The lowest BCUT2D eigenvalue weighted by molar-refractivity contribution is -0.118. The van der Waals surface area contributed by atoms with Crippen molar-refractivity contribution in [1.82, 2.24) is 4.98 Å². The molecule has 0 unspecified atom stereocenters. The van der Waals surface area contributed by atoms with Gasteiger partial charge in [0, 0.05) is 11.4 Å². The Labute approximate surface area is 110 Å². The van der Waals surface area contributed by atoms with Gasteiger partial charge in [0.05, 0.1) is 12.3 Å². The quantitative estimate of drug-likeness (QED) is 0.843. The van der Waals surface area contributed by atoms with Crippen molar-refractivity contribution in [3.63, 3.8) is 0 Å². The van der Waals surface area contributed by atoms with Crippen LogP contribution in [-0.4, -0.2) is 23.5 Å². The number of carbonyl (C=O) groups excluding carboxylic acids is 1. The number of aromatic nitrogens is 1. The van der Waals surface area contributed by atoms with Gasteiger partial charge < -0.3 is 4.74 Å². The molecule has 1 aliphatic heterocycles. The predicted molar refractivity (Wildman–Crippen MR) is 70.6 cm³/mol. The van der Waals surface area contributed by atoms with Crippen LogP contribution in [0.15, 0.2) is 17.2 Å². The second-order valence-corrected chi connectivity index (χ2v) is 5.57. The second kappa shape index (κ2) is 4.72. The van der Waals surface area contributed by atoms with E-state index in [1.165, 1.54) is 11.3 Å². The van der Waals surface area contributed by atoms with Crippen LogP contribution in [-0.2, 0) is 9.53 Å². The SMILES string of the molecule is Cc1csc(N(C(=O)C2=CCCCO2)C2CC2)n1. The Kier molecular flexibility index (Phi) is 3.07. The summed E-state index contributed by atoms with van der Waals surface area (Å²) < 4.78 is 5.47. The zero-order valence-corrected chi connectivity index (χ0v) is 11.2. The van der Waals surface area contributed by atoms with Gasteiger partial charge in [0.15, 0.2) is 10.9 Å². The number of carbonyl (C=O) groups is 1. The third-order valence-corrected chi connectivity index (χ3v) is 4.05. The Hall–Kier alpha value is -1.36. The smallest absolute Gasteiger partial charge is 0.295 e. The first-order valence-corrected chi connectivity index (χ1v) is 7.22. The second-order valence-electron chi connectivity index (χ2n) is 4.74. The van der Waals surface area contributed by atoms with E-state index >= 15 is 0 Å². The monoisotopic (exact) mass is 264 g/mol. The molecule has 2 aliphatic rings. The number of anilines is 1. The molecule has 96 valence electrons. The number of rotatable bonds is 3. The summed E-state index contributed by atoms with van der Waals surface area (Å²) in [4.78, 5) is 18.7. The Morgan fingerprint density at radius 3 is 2.94 bits per heavy atom. The van der Waals surface area contributed by atoms with E-state index in [1.807, 2.05) is 23.3 Å². The number of nitrogens with zero attached hydrogens (tertiary/aromatic N) is 2. The highest BCUT2D eigenvalue weighted by atomic mass is 32.1. The van der Waals surface area contributed by atoms with Gasteiger partial charge in [0.1, 0.15) is 0 Å². The Morgan fingerprint density at radius 2 is 2.39 bits per heavy atom. The molecule has 4 nitrogen and oxygen atoms in total. The van der Waals surface area contributed by atoms with Crippen molar-refractivity contribution in [3.8, 4) is 0 Å². The molecule has 0 atom stereocenters. The van der Waals surface area contributed by atoms with E-state index in [1.54, 1.807) is 0 Å². The molecule has 0 spiro atoms. The van der Waals surface area contributed by atoms with E-state index < -0.39 is 0 Å². The van der Waals surface area contributed by atoms with Crippen LogP contribution in [0, 0.1) is 6.92 Å². The van der Waals surface area contributed by atoms with Gasteiger partial charge in [-0.2, -0.15) is 0 Å². The van der Waals surface area contributed by atoms with Crippen LogP contribution in [0.5, 0.6) is 0 Å². The molecular formula is C13H16N2O2S. The number of amides is 1. The van der Waals surface area contributed by atoms with Gasteiger partial charge in [-0.25, -0.2) is 4.98 Å². The van der Waals surface area contributed by atoms with Gasteiger partial charge >= 0.3 is 0 Å². The van der Waals surface area contributed by atoms with E-state index in [0.29, 0.717) is 18.4 Å². The molecule has 1 saturated carbocycles. The van der Waals surface area contributed by atoms with Crippen molar-refractivity contribution in [1.29, 1.82) is 0 Å². The largest absolute Gasteiger partial charge is 0.488 e. The van der Waals surface area contributed by atoms with Crippen LogP contribution in [0.3, 0.4) is 0 Å². The fraction of sp³-hybridized carbons (Fsp3) is 0.538. The molecule has 2 heterocycles. The molecule has 18 heavy (non-hydrogen) atoms. The molecule has 5 heteroatoms. The maximum Gasteiger partial charge on any atom is 0.295 e. The minimum atomic E-state index is -0.0217. The van der Waals surface area contributed by atoms with Crippen LogP contribution < -0.4 is 4.90 Å². The van der Waals surface area contributed by atoms with E-state index in [2.05, 4.69) is 4.98 Å². The fourth-order valence-corrected chi connectivity index (χ4v) is 2.89. The summed E-state index contributed by atoms with van der Waals surface area (Å²) in [6, 6.07) is 0.314. The number of hydrogen-bond acceptors (Lipinski definition) is 4. The van der Waals surface area contributed by atoms with Gasteiger partial charge in [0.2, 0.25) is 0 Å². The standard InChI is InChI=1S/C13H16N2O2S/c1-9-8-18-13(14-9)15(10-5-6-10)12(16)11-4-2-3-7-17-11/h4,8,10H,2-3,5-7H2,1H3. The predicted octanol–water partition coefficient (Wildman–Crippen LogP) is 2.64. The first-order valence-electron chi connectivity index (χ1n) is 6.34. The number of ether oxygens (including phenoxy) is 1. The van der Waals surface area contributed by atoms with Crippen LogP contribution >= 0.6 is 11.3 Å². The zero-order chi connectivity index (χ0) is 12.5. The number of allylic oxidation sites excluding steroid dienone is 1. The molecule has 1 fully saturated rings. The summed E-state index contributed by atoms with van der Waals surface area (Å²) in [7, 11) is 0. The van der Waals surface area contributed by atoms with Gasteiger partial charge in [-0.3, -0.25) is 9.69 Å². The Balaban J connectivity index is 1.85. The highest BCUT2D eigenvalue weighted by Crippen LogP contribution is 2.35. The molecule has 1 aromatic rings. The average molecular weight is 264 g/mol. The molecule has 0 aromatic carbocycles. The summed E-state index contributed by atoms with van der Waals surface area (Å²) in [5.74, 6) is 0.479. The normalized spacial score (nSPS) is 19.1. The topological polar surface area (TPSA) is 42.4 Å². The van der Waals surface area contributed by atoms with Crippen molar-refractivity contribution < 1.29 is 9.53 Å². The molecular weight excluding hydrogens is 248 g/mol. The lowest BCUT2D eigenvalue weighted by atomic mass is 10.2. The summed E-state index contributed by atoms with van der Waals surface area (Å²) >= 11 is 1.53. The Morgan fingerprint density at radius 1 is 1.56 bits per heavy atom. The summed E-state index contributed by atoms with van der Waals surface area (Å²) in [6.07, 6.45) is 5.96. The number of aryl methyl sites for hydroxylation is 1. The van der Waals surface area contributed by atoms with Crippen LogP contribution in [0.25, 0.3) is 0 Å². The first kappa shape index (κ1) is 11.7. The van der Waals surface area contributed by atoms with Crippen LogP contribution in [0.4, 0.5) is 5.13 Å². The molecule has 1 aliphatic carbocycles. The molecule has 3 rings (SSSR count). The van der Waals surface area contributed by atoms with Crippen LogP contribution in [0.2, 0.25) is 0 Å². The first-order chi connectivity index (χ1) is 8.75. The third-order valence-electron chi connectivity index (χ3n) is 3.09. The Bertz CT molecular complexity index is 491. The lowest BCUT2D eigenvalue weighted by Crippen LogP contribution is -2.35. The van der Waals surface area contributed by atoms with Crippen LogP contribution in [0.1, 0.15) is 31.4 Å². The summed E-state index contributed by atoms with van der Waals surface area (Å²) in [6.45, 7) is 2.60. The minimum Gasteiger partial charge on any atom is -0.488 e. The molecule has 0 bridgehead atoms. The maximum atomic E-state index is 12.5. The van der Waals surface area contributed by atoms with Crippen molar-refractivity contribution in [3.05, 3.63) is 22.9 Å². The van der Waals surface area contributed by atoms with E-state index in [9.17, 15) is 4.79 Å². The van der Waals surface area contributed by atoms with E-state index in [4.69, 9.17) is 4.74 Å². The zero-order valence-electron chi connectivity index (χ0n) is 10.4. The van der Waals surface area contributed by atoms with Crippen molar-refractivity contribution in [2.75, 3.05) is 11.5 Å². The van der Waals surface area contributed by atoms with E-state index in [-0.39, 0.29) is 5.91 Å². The van der Waals surface area contributed by atoms with Gasteiger partial charge in [0.25, 0.3) is 5.91 Å². The van der Waals surface area contributed by atoms with Gasteiger partial charge in [-0.05, 0) is 38.7 Å². The van der Waals surface area contributed by atoms with Gasteiger partial charge in [-0.15, -0.1) is 11.3 Å². The summed E-state index contributed by atoms with van der Waals surface area (Å²) in [5.41, 5.74) is 0.965. The highest BCUT2D eigenvalue weighted by molar-refractivity contribution is 7.14. The average Bonchev–Trinajstić information content (AvgIpc) is 3.13. The summed E-state index contributed by atoms with van der Waals surface area (Å²) in [5, 5.41) is 2.78. The molecule has 1 aromatic heterocycles.